The number of pyridine rings is 1. The molecule has 8 heteroatoms. The minimum Gasteiger partial charge on any atom is -0.394 e. The van der Waals surface area contributed by atoms with Gasteiger partial charge in [-0.2, -0.15) is 4.68 Å². The van der Waals surface area contributed by atoms with Gasteiger partial charge in [-0.3, -0.25) is 9.78 Å². The van der Waals surface area contributed by atoms with Gasteiger partial charge in [0.1, 0.15) is 0 Å². The van der Waals surface area contributed by atoms with Crippen molar-refractivity contribution in [2.24, 2.45) is 0 Å². The summed E-state index contributed by atoms with van der Waals surface area (Å²) in [5, 5.41) is 24.0. The molecule has 0 radical (unpaired) electrons. The summed E-state index contributed by atoms with van der Waals surface area (Å²) in [7, 11) is 0. The molecule has 8 nitrogen and oxygen atoms in total. The van der Waals surface area contributed by atoms with Crippen molar-refractivity contribution in [1.82, 2.24) is 30.5 Å². The van der Waals surface area contributed by atoms with Crippen LogP contribution in [0.5, 0.6) is 0 Å². The van der Waals surface area contributed by atoms with Crippen LogP contribution in [0.25, 0.3) is 16.9 Å². The molecule has 0 aliphatic heterocycles. The number of benzene rings is 1. The largest absolute Gasteiger partial charge is 0.394 e. The van der Waals surface area contributed by atoms with E-state index in [1.807, 2.05) is 25.1 Å². The summed E-state index contributed by atoms with van der Waals surface area (Å²) < 4.78 is 1.65. The second kappa shape index (κ2) is 8.71. The molecule has 0 bridgehead atoms. The molecule has 3 aromatic rings. The number of aryl methyl sites for hydroxylation is 2. The number of hydrogen-bond acceptors (Lipinski definition) is 6. The van der Waals surface area contributed by atoms with Gasteiger partial charge in [-0.1, -0.05) is 13.0 Å². The van der Waals surface area contributed by atoms with Gasteiger partial charge in [-0.25, -0.2) is 0 Å². The number of carbonyl (C=O) groups excluding carboxylic acids is 1. The number of tetrazole rings is 1. The monoisotopic (exact) mass is 380 g/mol. The minimum absolute atomic E-state index is 0.133. The number of amides is 1. The number of carbonyl (C=O) groups is 1. The molecule has 0 saturated heterocycles. The van der Waals surface area contributed by atoms with Crippen molar-refractivity contribution < 1.29 is 9.90 Å². The maximum absolute atomic E-state index is 12.7. The van der Waals surface area contributed by atoms with Gasteiger partial charge in [0.15, 0.2) is 5.82 Å². The number of rotatable bonds is 7. The standard InChI is InChI=1S/C20H24N6O2/c1-4-5-19-23-24-25-26(19)17-9-15(18-7-6-13(2)11-21-18)8-16(10-17)20(28)22-14(3)12-27/h6-11,14,27H,4-5,12H2,1-3H3,(H,22,28). The van der Waals surface area contributed by atoms with Crippen LogP contribution in [-0.4, -0.2) is 48.9 Å². The van der Waals surface area contributed by atoms with E-state index in [0.717, 1.165) is 35.5 Å². The molecule has 3 rings (SSSR count). The smallest absolute Gasteiger partial charge is 0.251 e. The van der Waals surface area contributed by atoms with E-state index in [-0.39, 0.29) is 18.6 Å². The van der Waals surface area contributed by atoms with Crippen LogP contribution in [0, 0.1) is 6.92 Å². The van der Waals surface area contributed by atoms with E-state index in [1.54, 1.807) is 29.9 Å². The van der Waals surface area contributed by atoms with Gasteiger partial charge in [-0.05, 0) is 60.5 Å². The fraction of sp³-hybridized carbons (Fsp3) is 0.350. The van der Waals surface area contributed by atoms with Gasteiger partial charge in [0.25, 0.3) is 5.91 Å². The third-order valence-corrected chi connectivity index (χ3v) is 4.29. The molecule has 1 atom stereocenters. The summed E-state index contributed by atoms with van der Waals surface area (Å²) in [6.07, 6.45) is 3.42. The Morgan fingerprint density at radius 1 is 1.29 bits per heavy atom. The summed E-state index contributed by atoms with van der Waals surface area (Å²) in [4.78, 5) is 17.2. The third-order valence-electron chi connectivity index (χ3n) is 4.29. The van der Waals surface area contributed by atoms with Gasteiger partial charge >= 0.3 is 0 Å². The highest BCUT2D eigenvalue weighted by Gasteiger charge is 2.16. The molecule has 0 aliphatic carbocycles. The van der Waals surface area contributed by atoms with Crippen molar-refractivity contribution in [2.45, 2.75) is 39.7 Å². The van der Waals surface area contributed by atoms with Gasteiger partial charge in [0.2, 0.25) is 0 Å². The molecule has 0 aliphatic rings. The van der Waals surface area contributed by atoms with Gasteiger partial charge in [0.05, 0.1) is 18.0 Å². The molecule has 2 heterocycles. The normalized spacial score (nSPS) is 12.0. The predicted molar refractivity (Wildman–Crippen MR) is 105 cm³/mol. The second-order valence-electron chi connectivity index (χ2n) is 6.80. The SMILES string of the molecule is CCCc1nnnn1-c1cc(C(=O)NC(C)CO)cc(-c2ccc(C)cn2)c1. The number of aromatic nitrogens is 5. The Morgan fingerprint density at radius 2 is 2.11 bits per heavy atom. The zero-order valence-electron chi connectivity index (χ0n) is 16.3. The Kier molecular flexibility index (Phi) is 6.10. The molecular weight excluding hydrogens is 356 g/mol. The molecule has 0 saturated carbocycles. The maximum Gasteiger partial charge on any atom is 0.251 e. The van der Waals surface area contributed by atoms with E-state index >= 15 is 0 Å². The van der Waals surface area contributed by atoms with Gasteiger partial charge in [0, 0.05) is 29.8 Å². The zero-order chi connectivity index (χ0) is 20.1. The lowest BCUT2D eigenvalue weighted by Gasteiger charge is -2.14. The Morgan fingerprint density at radius 3 is 2.79 bits per heavy atom. The lowest BCUT2D eigenvalue weighted by atomic mass is 10.0. The average Bonchev–Trinajstić information content (AvgIpc) is 3.16. The minimum atomic E-state index is -0.346. The van der Waals surface area contributed by atoms with E-state index in [2.05, 4.69) is 32.7 Å². The quantitative estimate of drug-likeness (QED) is 0.650. The number of nitrogens with one attached hydrogen (secondary N) is 1. The molecule has 146 valence electrons. The van der Waals surface area contributed by atoms with Crippen LogP contribution in [0.15, 0.2) is 36.5 Å². The first-order valence-corrected chi connectivity index (χ1v) is 9.29. The average molecular weight is 380 g/mol. The van der Waals surface area contributed by atoms with Crippen LogP contribution in [-0.2, 0) is 6.42 Å². The van der Waals surface area contributed by atoms with E-state index in [4.69, 9.17) is 0 Å². The molecule has 1 unspecified atom stereocenters. The second-order valence-corrected chi connectivity index (χ2v) is 6.80. The van der Waals surface area contributed by atoms with Crippen molar-refractivity contribution in [3.05, 3.63) is 53.5 Å². The van der Waals surface area contributed by atoms with Gasteiger partial charge in [-0.15, -0.1) is 5.10 Å². The van der Waals surface area contributed by atoms with Crippen LogP contribution in [0.2, 0.25) is 0 Å². The maximum atomic E-state index is 12.7. The molecule has 2 N–H and O–H groups in total. The number of hydrogen-bond donors (Lipinski definition) is 2. The summed E-state index contributed by atoms with van der Waals surface area (Å²) in [5.41, 5.74) is 3.74. The molecular formula is C20H24N6O2. The van der Waals surface area contributed by atoms with Crippen LogP contribution in [0.1, 0.15) is 42.0 Å². The van der Waals surface area contributed by atoms with Crippen LogP contribution < -0.4 is 5.32 Å². The molecule has 0 spiro atoms. The summed E-state index contributed by atoms with van der Waals surface area (Å²) in [5.74, 6) is 0.452. The first-order valence-electron chi connectivity index (χ1n) is 9.29. The highest BCUT2D eigenvalue weighted by molar-refractivity contribution is 5.96. The first kappa shape index (κ1) is 19.6. The van der Waals surface area contributed by atoms with E-state index < -0.39 is 0 Å². The summed E-state index contributed by atoms with van der Waals surface area (Å²) in [6.45, 7) is 5.64. The van der Waals surface area contributed by atoms with Crippen molar-refractivity contribution in [2.75, 3.05) is 6.61 Å². The van der Waals surface area contributed by atoms with Crippen LogP contribution in [0.3, 0.4) is 0 Å². The highest BCUT2D eigenvalue weighted by Crippen LogP contribution is 2.23. The molecule has 1 amide bonds. The van der Waals surface area contributed by atoms with E-state index in [9.17, 15) is 9.90 Å². The van der Waals surface area contributed by atoms with Crippen LogP contribution >= 0.6 is 0 Å². The lowest BCUT2D eigenvalue weighted by molar-refractivity contribution is 0.0922. The van der Waals surface area contributed by atoms with E-state index in [0.29, 0.717) is 11.3 Å². The highest BCUT2D eigenvalue weighted by atomic mass is 16.3. The zero-order valence-corrected chi connectivity index (χ0v) is 16.3. The van der Waals surface area contributed by atoms with E-state index in [1.165, 1.54) is 0 Å². The third kappa shape index (κ3) is 4.40. The Labute approximate surface area is 163 Å². The predicted octanol–water partition coefficient (Wildman–Crippen LogP) is 2.10. The Hall–Kier alpha value is -3.13. The lowest BCUT2D eigenvalue weighted by Crippen LogP contribution is -2.35. The van der Waals surface area contributed by atoms with Gasteiger partial charge < -0.3 is 10.4 Å². The fourth-order valence-corrected chi connectivity index (χ4v) is 2.79. The van der Waals surface area contributed by atoms with Crippen LogP contribution in [0.4, 0.5) is 0 Å². The Bertz CT molecular complexity index is 952. The molecule has 1 aromatic carbocycles. The topological polar surface area (TPSA) is 106 Å². The first-order chi connectivity index (χ1) is 13.5. The van der Waals surface area contributed by atoms with Crippen molar-refractivity contribution >= 4 is 5.91 Å². The number of nitrogens with zero attached hydrogens (tertiary/aromatic N) is 5. The fourth-order valence-electron chi connectivity index (χ4n) is 2.79. The van der Waals surface area contributed by atoms with Crippen molar-refractivity contribution in [3.63, 3.8) is 0 Å². The van der Waals surface area contributed by atoms with Crippen molar-refractivity contribution in [3.8, 4) is 16.9 Å². The summed E-state index contributed by atoms with van der Waals surface area (Å²) >= 11 is 0. The number of aliphatic hydroxyl groups is 1. The number of aliphatic hydroxyl groups excluding tert-OH is 1. The van der Waals surface area contributed by atoms with Crippen molar-refractivity contribution in [1.29, 1.82) is 0 Å². The molecule has 28 heavy (non-hydrogen) atoms. The molecule has 2 aromatic heterocycles. The summed E-state index contributed by atoms with van der Waals surface area (Å²) in [6, 6.07) is 8.98. The molecule has 0 fully saturated rings. The Balaban J connectivity index is 2.09.